The predicted octanol–water partition coefficient (Wildman–Crippen LogP) is 0.138. The van der Waals surface area contributed by atoms with Crippen LogP contribution in [0, 0.1) is 11.3 Å². The Morgan fingerprint density at radius 3 is 2.68 bits per heavy atom. The van der Waals surface area contributed by atoms with Gasteiger partial charge in [0.2, 0.25) is 5.91 Å². The maximum atomic E-state index is 12.0. The van der Waals surface area contributed by atoms with E-state index in [4.69, 9.17) is 10.00 Å². The van der Waals surface area contributed by atoms with Crippen molar-refractivity contribution in [3.63, 3.8) is 0 Å². The number of ether oxygens (including phenoxy) is 1. The smallest absolute Gasteiger partial charge is 0.328 e. The number of rotatable bonds is 3. The van der Waals surface area contributed by atoms with Crippen LogP contribution in [-0.2, 0) is 14.3 Å². The molecule has 2 rings (SSSR count). The van der Waals surface area contributed by atoms with Crippen molar-refractivity contribution >= 4 is 11.9 Å². The third kappa shape index (κ3) is 2.87. The lowest BCUT2D eigenvalue weighted by molar-refractivity contribution is -0.151. The summed E-state index contributed by atoms with van der Waals surface area (Å²) in [6, 6.07) is 1.83. The first kappa shape index (κ1) is 13.8. The van der Waals surface area contributed by atoms with Crippen LogP contribution in [0.3, 0.4) is 0 Å². The highest BCUT2D eigenvalue weighted by molar-refractivity contribution is 5.88. The van der Waals surface area contributed by atoms with Crippen molar-refractivity contribution in [2.75, 3.05) is 26.7 Å². The van der Waals surface area contributed by atoms with Crippen LogP contribution in [0.1, 0.15) is 25.7 Å². The topological polar surface area (TPSA) is 73.6 Å². The van der Waals surface area contributed by atoms with E-state index >= 15 is 0 Å². The Morgan fingerprint density at radius 1 is 1.42 bits per heavy atom. The van der Waals surface area contributed by atoms with Gasteiger partial charge < -0.3 is 9.64 Å². The molecule has 0 saturated carbocycles. The number of esters is 1. The molecule has 1 unspecified atom stereocenters. The molecule has 1 amide bonds. The summed E-state index contributed by atoms with van der Waals surface area (Å²) in [5, 5.41) is 8.67. The van der Waals surface area contributed by atoms with Gasteiger partial charge in [0.1, 0.15) is 6.04 Å². The molecule has 2 fully saturated rings. The van der Waals surface area contributed by atoms with Crippen LogP contribution in [-0.4, -0.2) is 60.5 Å². The highest BCUT2D eigenvalue weighted by Gasteiger charge is 2.41. The quantitative estimate of drug-likeness (QED) is 0.536. The fourth-order valence-corrected chi connectivity index (χ4v) is 2.98. The monoisotopic (exact) mass is 265 g/mol. The van der Waals surface area contributed by atoms with Gasteiger partial charge >= 0.3 is 5.97 Å². The zero-order valence-electron chi connectivity index (χ0n) is 11.2. The number of carbonyl (C=O) groups excluding carboxylic acids is 2. The lowest BCUT2D eigenvalue weighted by atomic mass is 10.0. The molecule has 2 heterocycles. The molecule has 0 N–H and O–H groups in total. The van der Waals surface area contributed by atoms with Crippen molar-refractivity contribution in [1.82, 2.24) is 9.80 Å². The molecule has 0 aromatic rings. The first-order valence-electron chi connectivity index (χ1n) is 6.65. The molecule has 0 radical (unpaired) electrons. The zero-order chi connectivity index (χ0) is 13.8. The summed E-state index contributed by atoms with van der Waals surface area (Å²) in [4.78, 5) is 27.5. The molecular weight excluding hydrogens is 246 g/mol. The molecule has 6 heteroatoms. The van der Waals surface area contributed by atoms with E-state index in [9.17, 15) is 9.59 Å². The fraction of sp³-hybridized carbons (Fsp3) is 0.769. The van der Waals surface area contributed by atoms with Gasteiger partial charge in [-0.2, -0.15) is 5.26 Å². The van der Waals surface area contributed by atoms with Crippen molar-refractivity contribution in [1.29, 1.82) is 5.26 Å². The molecule has 19 heavy (non-hydrogen) atoms. The van der Waals surface area contributed by atoms with Gasteiger partial charge in [0.05, 0.1) is 19.7 Å². The van der Waals surface area contributed by atoms with Gasteiger partial charge in [-0.3, -0.25) is 9.69 Å². The number of methoxy groups -OCH3 is 1. The third-order valence-corrected chi connectivity index (χ3v) is 3.97. The van der Waals surface area contributed by atoms with E-state index in [2.05, 4.69) is 11.0 Å². The van der Waals surface area contributed by atoms with E-state index in [1.54, 1.807) is 4.90 Å². The first-order valence-corrected chi connectivity index (χ1v) is 6.65. The van der Waals surface area contributed by atoms with Gasteiger partial charge in [-0.15, -0.1) is 0 Å². The van der Waals surface area contributed by atoms with Gasteiger partial charge in [0.15, 0.2) is 0 Å². The largest absolute Gasteiger partial charge is 0.467 e. The first-order chi connectivity index (χ1) is 9.17. The average Bonchev–Trinajstić information content (AvgIpc) is 2.81. The van der Waals surface area contributed by atoms with E-state index in [-0.39, 0.29) is 17.9 Å². The summed E-state index contributed by atoms with van der Waals surface area (Å²) in [5.41, 5.74) is 0. The molecule has 2 saturated heterocycles. The van der Waals surface area contributed by atoms with E-state index in [1.807, 2.05) is 0 Å². The summed E-state index contributed by atoms with van der Waals surface area (Å²) in [5.74, 6) is -0.264. The van der Waals surface area contributed by atoms with Gasteiger partial charge in [-0.05, 0) is 19.3 Å². The predicted molar refractivity (Wildman–Crippen MR) is 67.0 cm³/mol. The van der Waals surface area contributed by atoms with E-state index in [0.29, 0.717) is 19.4 Å². The Kier molecular flexibility index (Phi) is 4.38. The molecule has 0 aromatic heterocycles. The molecule has 1 atom stereocenters. The highest BCUT2D eigenvalue weighted by Crippen LogP contribution is 2.27. The second-order valence-electron chi connectivity index (χ2n) is 5.04. The SMILES string of the molecule is COC(=O)C1CCC(=O)N1C1CCN(CC#N)CC1. The van der Waals surface area contributed by atoms with Crippen LogP contribution < -0.4 is 0 Å². The number of nitriles is 1. The van der Waals surface area contributed by atoms with Crippen LogP contribution >= 0.6 is 0 Å². The Hall–Kier alpha value is -1.61. The maximum absolute atomic E-state index is 12.0. The zero-order valence-corrected chi connectivity index (χ0v) is 11.2. The molecule has 2 aliphatic rings. The number of amides is 1. The van der Waals surface area contributed by atoms with Crippen molar-refractivity contribution in [2.24, 2.45) is 0 Å². The average molecular weight is 265 g/mol. The summed E-state index contributed by atoms with van der Waals surface area (Å²) in [6.07, 6.45) is 2.63. The second kappa shape index (κ2) is 6.02. The van der Waals surface area contributed by atoms with Crippen molar-refractivity contribution < 1.29 is 14.3 Å². The van der Waals surface area contributed by atoms with Crippen LogP contribution in [0.2, 0.25) is 0 Å². The minimum absolute atomic E-state index is 0.0501. The summed E-state index contributed by atoms with van der Waals surface area (Å²) in [6.45, 7) is 2.03. The van der Waals surface area contributed by atoms with Crippen molar-refractivity contribution in [3.05, 3.63) is 0 Å². The fourth-order valence-electron chi connectivity index (χ4n) is 2.98. The maximum Gasteiger partial charge on any atom is 0.328 e. The third-order valence-electron chi connectivity index (χ3n) is 3.97. The summed E-state index contributed by atoms with van der Waals surface area (Å²) < 4.78 is 4.78. The van der Waals surface area contributed by atoms with Crippen LogP contribution in [0.4, 0.5) is 0 Å². The van der Waals surface area contributed by atoms with Crippen LogP contribution in [0.15, 0.2) is 0 Å². The Labute approximate surface area is 112 Å². The normalized spacial score (nSPS) is 25.4. The minimum atomic E-state index is -0.412. The van der Waals surface area contributed by atoms with Crippen molar-refractivity contribution in [3.8, 4) is 6.07 Å². The lowest BCUT2D eigenvalue weighted by Gasteiger charge is -2.37. The van der Waals surface area contributed by atoms with Gasteiger partial charge in [0.25, 0.3) is 0 Å². The lowest BCUT2D eigenvalue weighted by Crippen LogP contribution is -2.50. The van der Waals surface area contributed by atoms with E-state index in [0.717, 1.165) is 25.9 Å². The number of likely N-dealkylation sites (tertiary alicyclic amines) is 2. The Bertz CT molecular complexity index is 396. The number of hydrogen-bond donors (Lipinski definition) is 0. The minimum Gasteiger partial charge on any atom is -0.467 e. The second-order valence-corrected chi connectivity index (χ2v) is 5.04. The molecular formula is C13H19N3O3. The van der Waals surface area contributed by atoms with Crippen LogP contribution in [0.25, 0.3) is 0 Å². The highest BCUT2D eigenvalue weighted by atomic mass is 16.5. The van der Waals surface area contributed by atoms with Crippen LogP contribution in [0.5, 0.6) is 0 Å². The molecule has 0 bridgehead atoms. The number of nitrogens with zero attached hydrogens (tertiary/aromatic N) is 3. The van der Waals surface area contributed by atoms with E-state index < -0.39 is 6.04 Å². The van der Waals surface area contributed by atoms with Crippen molar-refractivity contribution in [2.45, 2.75) is 37.8 Å². The number of hydrogen-bond acceptors (Lipinski definition) is 5. The molecule has 6 nitrogen and oxygen atoms in total. The number of piperidine rings is 1. The molecule has 0 aliphatic carbocycles. The summed E-state index contributed by atoms with van der Waals surface area (Å²) >= 11 is 0. The molecule has 0 aromatic carbocycles. The van der Waals surface area contributed by atoms with E-state index in [1.165, 1.54) is 7.11 Å². The number of carbonyl (C=O) groups is 2. The standard InChI is InChI=1S/C13H19N3O3/c1-19-13(18)11-2-3-12(17)16(11)10-4-7-15(8-5-10)9-6-14/h10-11H,2-5,7-9H2,1H3. The Balaban J connectivity index is 1.98. The Morgan fingerprint density at radius 2 is 2.11 bits per heavy atom. The molecule has 2 aliphatic heterocycles. The molecule has 104 valence electrons. The van der Waals surface area contributed by atoms with Gasteiger partial charge in [-0.25, -0.2) is 4.79 Å². The molecule has 0 spiro atoms. The van der Waals surface area contributed by atoms with Gasteiger partial charge in [0, 0.05) is 25.6 Å². The summed E-state index contributed by atoms with van der Waals surface area (Å²) in [7, 11) is 1.36. The van der Waals surface area contributed by atoms with Gasteiger partial charge in [-0.1, -0.05) is 0 Å².